The number of carbonyl (C=O) groups excluding carboxylic acids is 2. The number of ether oxygens (including phenoxy) is 1. The number of fused-ring (bicyclic) bond motifs is 2. The van der Waals surface area contributed by atoms with Crippen LogP contribution in [0.4, 0.5) is 11.4 Å². The lowest BCUT2D eigenvalue weighted by Gasteiger charge is -2.47. The maximum Gasteiger partial charge on any atom is 0.257 e. The Balaban J connectivity index is 1.34. The van der Waals surface area contributed by atoms with Crippen LogP contribution in [0.25, 0.3) is 0 Å². The number of anilines is 2. The van der Waals surface area contributed by atoms with Crippen molar-refractivity contribution in [3.8, 4) is 5.75 Å². The first-order chi connectivity index (χ1) is 16.1. The van der Waals surface area contributed by atoms with Gasteiger partial charge >= 0.3 is 0 Å². The number of hydrogen-bond donors (Lipinski definition) is 0. The summed E-state index contributed by atoms with van der Waals surface area (Å²) >= 11 is 0. The SMILES string of the molecule is CCN1c2cc(C(=O)N3CCN(c4ccccc4OC)CC3)ccc2C(=O)N2CCCCC21. The van der Waals surface area contributed by atoms with Crippen molar-refractivity contribution >= 4 is 23.2 Å². The zero-order chi connectivity index (χ0) is 22.9. The van der Waals surface area contributed by atoms with E-state index in [9.17, 15) is 9.59 Å². The summed E-state index contributed by atoms with van der Waals surface area (Å²) in [7, 11) is 1.69. The van der Waals surface area contributed by atoms with Crippen molar-refractivity contribution in [3.05, 3.63) is 53.6 Å². The second-order valence-electron chi connectivity index (χ2n) is 8.94. The molecule has 0 saturated carbocycles. The lowest BCUT2D eigenvalue weighted by molar-refractivity contribution is 0.0581. The number of amides is 2. The fraction of sp³-hybridized carbons (Fsp3) is 0.462. The Bertz CT molecular complexity index is 1050. The fourth-order valence-corrected chi connectivity index (χ4v) is 5.48. The van der Waals surface area contributed by atoms with E-state index in [4.69, 9.17) is 4.74 Å². The summed E-state index contributed by atoms with van der Waals surface area (Å²) in [6.07, 6.45) is 3.29. The molecule has 3 aliphatic heterocycles. The van der Waals surface area contributed by atoms with Crippen LogP contribution in [0.5, 0.6) is 5.75 Å². The highest BCUT2D eigenvalue weighted by molar-refractivity contribution is 6.04. The van der Waals surface area contributed by atoms with Gasteiger partial charge in [0.15, 0.2) is 0 Å². The van der Waals surface area contributed by atoms with Crippen molar-refractivity contribution in [2.24, 2.45) is 0 Å². The maximum atomic E-state index is 13.4. The molecule has 2 amide bonds. The molecule has 3 heterocycles. The molecule has 5 rings (SSSR count). The lowest BCUT2D eigenvalue weighted by Crippen LogP contribution is -2.57. The van der Waals surface area contributed by atoms with E-state index in [-0.39, 0.29) is 18.0 Å². The molecule has 2 fully saturated rings. The van der Waals surface area contributed by atoms with Crippen molar-refractivity contribution in [2.75, 3.05) is 56.2 Å². The van der Waals surface area contributed by atoms with Gasteiger partial charge in [0, 0.05) is 44.8 Å². The standard InChI is InChI=1S/C26H32N4O3/c1-3-29-22-18-19(11-12-20(22)26(32)30-13-7-6-10-24(29)30)25(31)28-16-14-27(15-17-28)21-8-4-5-9-23(21)33-2/h4-5,8-9,11-12,18,24H,3,6-7,10,13-17H2,1-2H3. The molecule has 2 saturated heterocycles. The molecule has 0 spiro atoms. The molecule has 0 aliphatic carbocycles. The van der Waals surface area contributed by atoms with E-state index in [2.05, 4.69) is 22.8 Å². The molecule has 7 heteroatoms. The summed E-state index contributed by atoms with van der Waals surface area (Å²) in [4.78, 5) is 35.0. The zero-order valence-electron chi connectivity index (χ0n) is 19.5. The van der Waals surface area contributed by atoms with Crippen LogP contribution >= 0.6 is 0 Å². The molecule has 0 aromatic heterocycles. The van der Waals surface area contributed by atoms with Crippen molar-refractivity contribution < 1.29 is 14.3 Å². The number of carbonyl (C=O) groups is 2. The molecule has 2 aromatic carbocycles. The Morgan fingerprint density at radius 2 is 1.79 bits per heavy atom. The highest BCUT2D eigenvalue weighted by Gasteiger charge is 2.38. The number of para-hydroxylation sites is 2. The van der Waals surface area contributed by atoms with Gasteiger partial charge in [-0.2, -0.15) is 0 Å². The smallest absolute Gasteiger partial charge is 0.257 e. The molecule has 2 aromatic rings. The maximum absolute atomic E-state index is 13.4. The summed E-state index contributed by atoms with van der Waals surface area (Å²) in [6.45, 7) is 6.58. The van der Waals surface area contributed by atoms with E-state index in [0.717, 1.165) is 62.6 Å². The van der Waals surface area contributed by atoms with Gasteiger partial charge in [0.05, 0.1) is 24.0 Å². The van der Waals surface area contributed by atoms with Gasteiger partial charge in [-0.15, -0.1) is 0 Å². The number of piperazine rings is 1. The average Bonchev–Trinajstić information content (AvgIpc) is 2.88. The third-order valence-corrected chi connectivity index (χ3v) is 7.21. The van der Waals surface area contributed by atoms with Gasteiger partial charge in [-0.05, 0) is 56.5 Å². The van der Waals surface area contributed by atoms with Gasteiger partial charge in [-0.3, -0.25) is 9.59 Å². The topological polar surface area (TPSA) is 56.3 Å². The molecule has 1 unspecified atom stereocenters. The summed E-state index contributed by atoms with van der Waals surface area (Å²) < 4.78 is 5.50. The summed E-state index contributed by atoms with van der Waals surface area (Å²) in [5.74, 6) is 0.990. The van der Waals surface area contributed by atoms with E-state index in [1.54, 1.807) is 7.11 Å². The molecule has 3 aliphatic rings. The van der Waals surface area contributed by atoms with Crippen LogP contribution in [-0.4, -0.2) is 74.2 Å². The van der Waals surface area contributed by atoms with Gasteiger partial charge in [0.25, 0.3) is 11.8 Å². The lowest BCUT2D eigenvalue weighted by atomic mass is 9.97. The van der Waals surface area contributed by atoms with Crippen LogP contribution in [-0.2, 0) is 0 Å². The summed E-state index contributed by atoms with van der Waals surface area (Å²) in [6, 6.07) is 13.6. The Hall–Kier alpha value is -3.22. The van der Waals surface area contributed by atoms with E-state index >= 15 is 0 Å². The van der Waals surface area contributed by atoms with Crippen molar-refractivity contribution in [1.82, 2.24) is 9.80 Å². The Morgan fingerprint density at radius 1 is 1.00 bits per heavy atom. The number of methoxy groups -OCH3 is 1. The Kier molecular flexibility index (Phi) is 5.87. The first-order valence-electron chi connectivity index (χ1n) is 12.0. The Labute approximate surface area is 195 Å². The number of hydrogen-bond acceptors (Lipinski definition) is 5. The van der Waals surface area contributed by atoms with Gasteiger partial charge in [-0.1, -0.05) is 12.1 Å². The fourth-order valence-electron chi connectivity index (χ4n) is 5.48. The number of nitrogens with zero attached hydrogens (tertiary/aromatic N) is 4. The van der Waals surface area contributed by atoms with E-state index < -0.39 is 0 Å². The molecular formula is C26H32N4O3. The minimum atomic E-state index is 0.0343. The molecule has 1 atom stereocenters. The van der Waals surface area contributed by atoms with Gasteiger partial charge in [-0.25, -0.2) is 0 Å². The highest BCUT2D eigenvalue weighted by atomic mass is 16.5. The molecule has 0 N–H and O–H groups in total. The summed E-state index contributed by atoms with van der Waals surface area (Å²) in [5.41, 5.74) is 3.35. The monoisotopic (exact) mass is 448 g/mol. The van der Waals surface area contributed by atoms with Gasteiger partial charge < -0.3 is 24.3 Å². The van der Waals surface area contributed by atoms with Crippen LogP contribution in [0.1, 0.15) is 46.9 Å². The second kappa shape index (κ2) is 8.96. The Morgan fingerprint density at radius 3 is 2.55 bits per heavy atom. The van der Waals surface area contributed by atoms with Gasteiger partial charge in [0.1, 0.15) is 11.9 Å². The van der Waals surface area contributed by atoms with Crippen LogP contribution in [0.15, 0.2) is 42.5 Å². The minimum absolute atomic E-state index is 0.0343. The number of rotatable bonds is 4. The third kappa shape index (κ3) is 3.79. The van der Waals surface area contributed by atoms with E-state index in [0.29, 0.717) is 24.2 Å². The largest absolute Gasteiger partial charge is 0.495 e. The molecular weight excluding hydrogens is 416 g/mol. The first-order valence-corrected chi connectivity index (χ1v) is 12.0. The van der Waals surface area contributed by atoms with E-state index in [1.807, 2.05) is 46.2 Å². The molecule has 7 nitrogen and oxygen atoms in total. The average molecular weight is 449 g/mol. The van der Waals surface area contributed by atoms with Crippen molar-refractivity contribution in [1.29, 1.82) is 0 Å². The predicted molar refractivity (Wildman–Crippen MR) is 129 cm³/mol. The molecule has 0 radical (unpaired) electrons. The first kappa shape index (κ1) is 21.6. The predicted octanol–water partition coefficient (Wildman–Crippen LogP) is 3.45. The van der Waals surface area contributed by atoms with Crippen LogP contribution in [0, 0.1) is 0 Å². The van der Waals surface area contributed by atoms with Crippen LogP contribution in [0.2, 0.25) is 0 Å². The second-order valence-corrected chi connectivity index (χ2v) is 8.94. The van der Waals surface area contributed by atoms with E-state index in [1.165, 1.54) is 0 Å². The summed E-state index contributed by atoms with van der Waals surface area (Å²) in [5, 5.41) is 0. The van der Waals surface area contributed by atoms with Crippen molar-refractivity contribution in [3.63, 3.8) is 0 Å². The third-order valence-electron chi connectivity index (χ3n) is 7.21. The number of piperidine rings is 1. The zero-order valence-corrected chi connectivity index (χ0v) is 19.5. The quantitative estimate of drug-likeness (QED) is 0.717. The van der Waals surface area contributed by atoms with Crippen LogP contribution in [0.3, 0.4) is 0 Å². The normalized spacial score (nSPS) is 20.4. The molecule has 0 bridgehead atoms. The van der Waals surface area contributed by atoms with Crippen LogP contribution < -0.4 is 14.5 Å². The van der Waals surface area contributed by atoms with Crippen molar-refractivity contribution in [2.45, 2.75) is 32.4 Å². The number of benzene rings is 2. The highest BCUT2D eigenvalue weighted by Crippen LogP contribution is 2.36. The minimum Gasteiger partial charge on any atom is -0.495 e. The molecule has 174 valence electrons. The van der Waals surface area contributed by atoms with Gasteiger partial charge in [0.2, 0.25) is 0 Å². The molecule has 33 heavy (non-hydrogen) atoms.